The molecule has 22 heavy (non-hydrogen) atoms. The molecule has 0 aliphatic rings. The second kappa shape index (κ2) is 6.62. The third kappa shape index (κ3) is 3.86. The summed E-state index contributed by atoms with van der Waals surface area (Å²) in [4.78, 5) is 18.4. The molecule has 0 fully saturated rings. The van der Waals surface area contributed by atoms with Gasteiger partial charge in [0.1, 0.15) is 12.1 Å². The molecule has 1 aromatic heterocycles. The highest BCUT2D eigenvalue weighted by Gasteiger charge is 2.11. The largest absolute Gasteiger partial charge is 0.368 e. The highest BCUT2D eigenvalue weighted by Crippen LogP contribution is 2.23. The quantitative estimate of drug-likeness (QED) is 0.439. The van der Waals surface area contributed by atoms with Crippen LogP contribution in [0.3, 0.4) is 0 Å². The number of nitro benzene ring substituents is 1. The van der Waals surface area contributed by atoms with Crippen LogP contribution in [0.5, 0.6) is 0 Å². The van der Waals surface area contributed by atoms with Crippen LogP contribution in [0.1, 0.15) is 6.92 Å². The van der Waals surface area contributed by atoms with Crippen LogP contribution in [-0.2, 0) is 10.0 Å². The van der Waals surface area contributed by atoms with E-state index in [2.05, 4.69) is 20.0 Å². The molecule has 0 amide bonds. The lowest BCUT2D eigenvalue weighted by molar-refractivity contribution is -0.384. The molecule has 0 spiro atoms. The molecule has 0 aliphatic carbocycles. The summed E-state index contributed by atoms with van der Waals surface area (Å²) in [5.41, 5.74) is 0.509. The summed E-state index contributed by atoms with van der Waals surface area (Å²) in [6, 6.07) is 4.29. The third-order valence-corrected chi connectivity index (χ3v) is 4.35. The smallest absolute Gasteiger partial charge is 0.270 e. The molecule has 2 N–H and O–H groups in total. The van der Waals surface area contributed by atoms with Gasteiger partial charge in [-0.2, -0.15) is 0 Å². The molecule has 1 heterocycles. The Balaban J connectivity index is 2.14. The molecule has 0 bridgehead atoms. The fraction of sp³-hybridized carbons (Fsp3) is 0.333. The number of sulfonamides is 1. The minimum atomic E-state index is -3.25. The summed E-state index contributed by atoms with van der Waals surface area (Å²) < 4.78 is 25.0. The average Bonchev–Trinajstić information content (AvgIpc) is 2.51. The highest BCUT2D eigenvalue weighted by molar-refractivity contribution is 7.89. The molecule has 0 aliphatic heterocycles. The topological polar surface area (TPSA) is 127 Å². The van der Waals surface area contributed by atoms with Crippen LogP contribution in [0.2, 0.25) is 0 Å². The summed E-state index contributed by atoms with van der Waals surface area (Å²) in [7, 11) is -3.25. The van der Waals surface area contributed by atoms with Crippen LogP contribution in [0.25, 0.3) is 10.9 Å². The van der Waals surface area contributed by atoms with Crippen LogP contribution in [0.15, 0.2) is 24.5 Å². The number of nitrogens with one attached hydrogen (secondary N) is 2. The van der Waals surface area contributed by atoms with Crippen molar-refractivity contribution in [1.29, 1.82) is 0 Å². The van der Waals surface area contributed by atoms with Crippen molar-refractivity contribution in [2.75, 3.05) is 24.2 Å². The maximum Gasteiger partial charge on any atom is 0.270 e. The number of aromatic nitrogens is 2. The number of anilines is 1. The Morgan fingerprint density at radius 1 is 1.27 bits per heavy atom. The van der Waals surface area contributed by atoms with Crippen molar-refractivity contribution < 1.29 is 13.3 Å². The molecular weight excluding hydrogens is 310 g/mol. The van der Waals surface area contributed by atoms with Crippen molar-refractivity contribution in [3.63, 3.8) is 0 Å². The number of fused-ring (bicyclic) bond motifs is 1. The molecule has 118 valence electrons. The maximum absolute atomic E-state index is 11.3. The molecule has 0 saturated heterocycles. The Morgan fingerprint density at radius 2 is 2.05 bits per heavy atom. The van der Waals surface area contributed by atoms with Crippen molar-refractivity contribution in [3.8, 4) is 0 Å². The molecule has 9 nitrogen and oxygen atoms in total. The number of benzene rings is 1. The van der Waals surface area contributed by atoms with E-state index in [0.717, 1.165) is 0 Å². The predicted octanol–water partition coefficient (Wildman–Crippen LogP) is 0.889. The van der Waals surface area contributed by atoms with Gasteiger partial charge in [-0.1, -0.05) is 0 Å². The zero-order chi connectivity index (χ0) is 16.2. The van der Waals surface area contributed by atoms with Gasteiger partial charge in [0, 0.05) is 30.6 Å². The first-order chi connectivity index (χ1) is 10.4. The zero-order valence-electron chi connectivity index (χ0n) is 11.8. The monoisotopic (exact) mass is 325 g/mol. The summed E-state index contributed by atoms with van der Waals surface area (Å²) in [6.45, 7) is 2.04. The van der Waals surface area contributed by atoms with Crippen molar-refractivity contribution in [3.05, 3.63) is 34.6 Å². The minimum Gasteiger partial charge on any atom is -0.368 e. The lowest BCUT2D eigenvalue weighted by atomic mass is 10.2. The number of hydrogen-bond acceptors (Lipinski definition) is 7. The van der Waals surface area contributed by atoms with Gasteiger partial charge in [0.15, 0.2) is 0 Å². The minimum absolute atomic E-state index is 0.00956. The van der Waals surface area contributed by atoms with Crippen LogP contribution in [0, 0.1) is 10.1 Å². The van der Waals surface area contributed by atoms with Gasteiger partial charge in [-0.25, -0.2) is 23.1 Å². The van der Waals surface area contributed by atoms with Gasteiger partial charge < -0.3 is 5.32 Å². The van der Waals surface area contributed by atoms with E-state index in [1.165, 1.54) is 18.5 Å². The van der Waals surface area contributed by atoms with Crippen molar-refractivity contribution >= 4 is 32.4 Å². The second-order valence-corrected chi connectivity index (χ2v) is 6.50. The van der Waals surface area contributed by atoms with Gasteiger partial charge in [-0.15, -0.1) is 0 Å². The second-order valence-electron chi connectivity index (χ2n) is 4.41. The third-order valence-electron chi connectivity index (χ3n) is 2.95. The van der Waals surface area contributed by atoms with Crippen LogP contribution < -0.4 is 10.0 Å². The van der Waals surface area contributed by atoms with E-state index >= 15 is 0 Å². The van der Waals surface area contributed by atoms with Crippen LogP contribution in [-0.4, -0.2) is 42.2 Å². The van der Waals surface area contributed by atoms with Gasteiger partial charge >= 0.3 is 0 Å². The number of hydrogen-bond donors (Lipinski definition) is 2. The summed E-state index contributed by atoms with van der Waals surface area (Å²) >= 11 is 0. The lowest BCUT2D eigenvalue weighted by Crippen LogP contribution is -2.30. The van der Waals surface area contributed by atoms with Gasteiger partial charge in [0.05, 0.1) is 16.2 Å². The van der Waals surface area contributed by atoms with E-state index in [9.17, 15) is 18.5 Å². The van der Waals surface area contributed by atoms with Gasteiger partial charge in [0.25, 0.3) is 5.69 Å². The van der Waals surface area contributed by atoms with Crippen LogP contribution in [0.4, 0.5) is 11.5 Å². The number of nitrogens with zero attached hydrogens (tertiary/aromatic N) is 3. The fourth-order valence-corrected chi connectivity index (χ4v) is 2.41. The molecule has 10 heteroatoms. The molecule has 0 radical (unpaired) electrons. The number of nitro groups is 1. The first-order valence-electron chi connectivity index (χ1n) is 6.53. The Hall–Kier alpha value is -2.33. The first kappa shape index (κ1) is 16.0. The van der Waals surface area contributed by atoms with Crippen molar-refractivity contribution in [2.45, 2.75) is 6.92 Å². The van der Waals surface area contributed by atoms with Gasteiger partial charge in [-0.05, 0) is 13.0 Å². The zero-order valence-corrected chi connectivity index (χ0v) is 12.6. The van der Waals surface area contributed by atoms with Gasteiger partial charge in [-0.3, -0.25) is 10.1 Å². The lowest BCUT2D eigenvalue weighted by Gasteiger charge is -2.09. The molecule has 2 rings (SSSR count). The molecular formula is C12H15N5O4S. The van der Waals surface area contributed by atoms with E-state index in [1.54, 1.807) is 13.0 Å². The maximum atomic E-state index is 11.3. The molecule has 1 aromatic carbocycles. The Labute approximate surface area is 127 Å². The average molecular weight is 325 g/mol. The summed E-state index contributed by atoms with van der Waals surface area (Å²) in [5.74, 6) is 0.430. The van der Waals surface area contributed by atoms with E-state index in [1.807, 2.05) is 0 Å². The Kier molecular flexibility index (Phi) is 4.83. The highest BCUT2D eigenvalue weighted by atomic mass is 32.2. The molecule has 2 aromatic rings. The molecule has 0 saturated carbocycles. The van der Waals surface area contributed by atoms with E-state index in [-0.39, 0.29) is 18.0 Å². The van der Waals surface area contributed by atoms with Crippen molar-refractivity contribution in [1.82, 2.24) is 14.7 Å². The fourth-order valence-electron chi connectivity index (χ4n) is 1.79. The van der Waals surface area contributed by atoms with E-state index in [0.29, 0.717) is 23.3 Å². The molecule has 0 atom stereocenters. The number of rotatable bonds is 7. The normalized spacial score (nSPS) is 11.5. The van der Waals surface area contributed by atoms with E-state index in [4.69, 9.17) is 0 Å². The number of non-ortho nitro benzene ring substituents is 1. The van der Waals surface area contributed by atoms with E-state index < -0.39 is 14.9 Å². The Bertz CT molecular complexity index is 793. The standard InChI is InChI=1S/C12H15N5O4S/c1-2-22(20,21)16-6-5-13-12-10-7-9(17(18)19)3-4-11(10)14-8-15-12/h3-4,7-8,16H,2,5-6H2,1H3,(H,13,14,15). The Morgan fingerprint density at radius 3 is 2.73 bits per heavy atom. The van der Waals surface area contributed by atoms with Crippen LogP contribution >= 0.6 is 0 Å². The summed E-state index contributed by atoms with van der Waals surface area (Å²) in [6.07, 6.45) is 1.34. The SMILES string of the molecule is CCS(=O)(=O)NCCNc1ncnc2ccc([N+](=O)[O-])cc12. The predicted molar refractivity (Wildman–Crippen MR) is 82.1 cm³/mol. The van der Waals surface area contributed by atoms with Gasteiger partial charge in [0.2, 0.25) is 10.0 Å². The molecule has 0 unspecified atom stereocenters. The summed E-state index contributed by atoms with van der Waals surface area (Å²) in [5, 5.41) is 14.3. The first-order valence-corrected chi connectivity index (χ1v) is 8.18. The van der Waals surface area contributed by atoms with Crippen molar-refractivity contribution in [2.24, 2.45) is 0 Å².